The van der Waals surface area contributed by atoms with E-state index in [2.05, 4.69) is 5.32 Å². The molecule has 0 unspecified atom stereocenters. The predicted molar refractivity (Wildman–Crippen MR) is 38.0 cm³/mol. The van der Waals surface area contributed by atoms with E-state index in [1.807, 2.05) is 0 Å². The third-order valence-corrected chi connectivity index (χ3v) is 1.72. The van der Waals surface area contributed by atoms with Crippen LogP contribution < -0.4 is 5.32 Å². The van der Waals surface area contributed by atoms with Crippen LogP contribution in [-0.4, -0.2) is 23.0 Å². The van der Waals surface area contributed by atoms with Gasteiger partial charge in [-0.1, -0.05) is 0 Å². The van der Waals surface area contributed by atoms with E-state index in [9.17, 15) is 9.59 Å². The average molecular weight is 157 g/mol. The lowest BCUT2D eigenvalue weighted by molar-refractivity contribution is -0.142. The van der Waals surface area contributed by atoms with E-state index in [1.165, 1.54) is 6.92 Å². The molecule has 4 nitrogen and oxygen atoms in total. The molecule has 0 heterocycles. The number of aliphatic carboxylic acids is 1. The summed E-state index contributed by atoms with van der Waals surface area (Å²) in [6, 6.07) is -0.660. The van der Waals surface area contributed by atoms with Gasteiger partial charge in [0.15, 0.2) is 0 Å². The van der Waals surface area contributed by atoms with Gasteiger partial charge in [0.25, 0.3) is 0 Å². The monoisotopic (exact) mass is 157 g/mol. The van der Waals surface area contributed by atoms with Crippen molar-refractivity contribution in [2.45, 2.75) is 25.8 Å². The highest BCUT2D eigenvalue weighted by molar-refractivity contribution is 5.82. The van der Waals surface area contributed by atoms with Crippen LogP contribution in [0.3, 0.4) is 0 Å². The van der Waals surface area contributed by atoms with Gasteiger partial charge in [-0.3, -0.25) is 4.79 Å². The Hall–Kier alpha value is -1.06. The second-order valence-electron chi connectivity index (χ2n) is 2.85. The van der Waals surface area contributed by atoms with Crippen LogP contribution >= 0.6 is 0 Å². The number of carbonyl (C=O) groups excluding carboxylic acids is 1. The van der Waals surface area contributed by atoms with Gasteiger partial charge in [0.1, 0.15) is 6.04 Å². The number of hydrogen-bond donors (Lipinski definition) is 2. The molecule has 1 saturated carbocycles. The van der Waals surface area contributed by atoms with Crippen molar-refractivity contribution in [3.05, 3.63) is 0 Å². The predicted octanol–water partition coefficient (Wildman–Crippen LogP) is -0.0143. The van der Waals surface area contributed by atoms with Crippen LogP contribution in [0.15, 0.2) is 0 Å². The molecule has 0 aromatic carbocycles. The summed E-state index contributed by atoms with van der Waals surface area (Å²) in [4.78, 5) is 21.0. The molecule has 1 aliphatic rings. The fourth-order valence-corrected chi connectivity index (χ4v) is 1.03. The number of hydrogen-bond acceptors (Lipinski definition) is 2. The van der Waals surface area contributed by atoms with E-state index in [0.29, 0.717) is 0 Å². The molecule has 11 heavy (non-hydrogen) atoms. The summed E-state index contributed by atoms with van der Waals surface area (Å²) in [6.07, 6.45) is 1.83. The summed E-state index contributed by atoms with van der Waals surface area (Å²) in [5, 5.41) is 11.0. The van der Waals surface area contributed by atoms with Crippen LogP contribution in [-0.2, 0) is 9.59 Å². The molecule has 0 aliphatic heterocycles. The van der Waals surface area contributed by atoms with Crippen molar-refractivity contribution in [3.63, 3.8) is 0 Å². The van der Waals surface area contributed by atoms with E-state index < -0.39 is 12.0 Å². The first-order valence-electron chi connectivity index (χ1n) is 3.61. The van der Waals surface area contributed by atoms with Crippen molar-refractivity contribution < 1.29 is 14.7 Å². The number of rotatable bonds is 3. The van der Waals surface area contributed by atoms with Crippen LogP contribution in [0.4, 0.5) is 0 Å². The van der Waals surface area contributed by atoms with E-state index in [-0.39, 0.29) is 11.8 Å². The topological polar surface area (TPSA) is 66.4 Å². The lowest BCUT2D eigenvalue weighted by Crippen LogP contribution is -2.41. The quantitative estimate of drug-likeness (QED) is 0.605. The summed E-state index contributed by atoms with van der Waals surface area (Å²) in [6.45, 7) is 1.33. The van der Waals surface area contributed by atoms with Gasteiger partial charge in [-0.2, -0.15) is 0 Å². The number of carboxylic acid groups (broad SMARTS) is 1. The Morgan fingerprint density at radius 3 is 2.36 bits per heavy atom. The van der Waals surface area contributed by atoms with Crippen LogP contribution in [0.5, 0.6) is 0 Å². The summed E-state index contributed by atoms with van der Waals surface area (Å²) in [7, 11) is 0. The number of carbonyl (C=O) groups is 2. The normalized spacial score (nSPS) is 19.0. The minimum absolute atomic E-state index is 0.163. The Morgan fingerprint density at radius 1 is 1.55 bits per heavy atom. The molecule has 0 saturated heterocycles. The number of amides is 1. The van der Waals surface area contributed by atoms with E-state index in [4.69, 9.17) is 5.11 Å². The maximum absolute atomic E-state index is 10.5. The van der Waals surface area contributed by atoms with Crippen molar-refractivity contribution in [1.29, 1.82) is 0 Å². The van der Waals surface area contributed by atoms with Crippen LogP contribution in [0.25, 0.3) is 0 Å². The van der Waals surface area contributed by atoms with Crippen LogP contribution in [0, 0.1) is 5.92 Å². The molecule has 1 fully saturated rings. The second kappa shape index (κ2) is 2.90. The van der Waals surface area contributed by atoms with E-state index >= 15 is 0 Å². The smallest absolute Gasteiger partial charge is 0.326 e. The Balaban J connectivity index is 2.45. The molecule has 0 radical (unpaired) electrons. The molecule has 0 aromatic rings. The highest BCUT2D eigenvalue weighted by Gasteiger charge is 2.36. The maximum Gasteiger partial charge on any atom is 0.326 e. The zero-order valence-corrected chi connectivity index (χ0v) is 6.33. The van der Waals surface area contributed by atoms with Crippen molar-refractivity contribution >= 4 is 11.9 Å². The Kier molecular flexibility index (Phi) is 2.12. The highest BCUT2D eigenvalue weighted by atomic mass is 16.4. The van der Waals surface area contributed by atoms with Gasteiger partial charge in [0.05, 0.1) is 0 Å². The largest absolute Gasteiger partial charge is 0.480 e. The fraction of sp³-hybridized carbons (Fsp3) is 0.714. The first kappa shape index (κ1) is 8.04. The summed E-state index contributed by atoms with van der Waals surface area (Å²) in [5.74, 6) is -1.04. The lowest BCUT2D eigenvalue weighted by Gasteiger charge is -2.10. The molecule has 0 bridgehead atoms. The van der Waals surface area contributed by atoms with Crippen molar-refractivity contribution in [2.24, 2.45) is 5.92 Å². The number of nitrogens with one attached hydrogen (secondary N) is 1. The van der Waals surface area contributed by atoms with Crippen LogP contribution in [0.2, 0.25) is 0 Å². The zero-order chi connectivity index (χ0) is 8.43. The summed E-state index contributed by atoms with van der Waals surface area (Å²) >= 11 is 0. The Labute approximate surface area is 64.6 Å². The molecule has 62 valence electrons. The summed E-state index contributed by atoms with van der Waals surface area (Å²) in [5.41, 5.74) is 0. The molecule has 2 N–H and O–H groups in total. The van der Waals surface area contributed by atoms with Gasteiger partial charge in [0.2, 0.25) is 5.91 Å². The van der Waals surface area contributed by atoms with Crippen molar-refractivity contribution in [2.75, 3.05) is 0 Å². The average Bonchev–Trinajstić information content (AvgIpc) is 2.63. The highest BCUT2D eigenvalue weighted by Crippen LogP contribution is 2.32. The minimum Gasteiger partial charge on any atom is -0.480 e. The van der Waals surface area contributed by atoms with Crippen molar-refractivity contribution in [3.8, 4) is 0 Å². The maximum atomic E-state index is 10.5. The van der Waals surface area contributed by atoms with E-state index in [0.717, 1.165) is 12.8 Å². The first-order chi connectivity index (χ1) is 5.11. The molecule has 4 heteroatoms. The minimum atomic E-state index is -0.928. The van der Waals surface area contributed by atoms with Gasteiger partial charge >= 0.3 is 5.97 Å². The van der Waals surface area contributed by atoms with Crippen LogP contribution in [0.1, 0.15) is 19.8 Å². The van der Waals surface area contributed by atoms with E-state index in [1.54, 1.807) is 0 Å². The standard InChI is InChI=1S/C7H11NO3/c1-4(9)8-6(7(10)11)5-2-3-5/h5-6H,2-3H2,1H3,(H,8,9)(H,10,11)/t6-/m1/s1. The first-order valence-corrected chi connectivity index (χ1v) is 3.61. The number of carboxylic acids is 1. The molecular weight excluding hydrogens is 146 g/mol. The Morgan fingerprint density at radius 2 is 2.09 bits per heavy atom. The lowest BCUT2D eigenvalue weighted by atomic mass is 10.2. The van der Waals surface area contributed by atoms with Crippen molar-refractivity contribution in [1.82, 2.24) is 5.32 Å². The van der Waals surface area contributed by atoms with Gasteiger partial charge in [-0.25, -0.2) is 4.79 Å². The molecule has 1 rings (SSSR count). The second-order valence-corrected chi connectivity index (χ2v) is 2.85. The molecule has 1 aliphatic carbocycles. The zero-order valence-electron chi connectivity index (χ0n) is 6.33. The van der Waals surface area contributed by atoms with Gasteiger partial charge in [-0.05, 0) is 18.8 Å². The van der Waals surface area contributed by atoms with Gasteiger partial charge in [0, 0.05) is 6.92 Å². The SMILES string of the molecule is CC(=O)N[C@@H](C(=O)O)C1CC1. The molecule has 0 spiro atoms. The molecule has 1 amide bonds. The molecule has 0 aromatic heterocycles. The summed E-state index contributed by atoms with van der Waals surface area (Å²) < 4.78 is 0. The molecular formula is C7H11NO3. The van der Waals surface area contributed by atoms with Gasteiger partial charge in [-0.15, -0.1) is 0 Å². The third-order valence-electron chi connectivity index (χ3n) is 1.72. The Bertz CT molecular complexity index is 186. The third kappa shape index (κ3) is 2.22. The molecule has 1 atom stereocenters. The van der Waals surface area contributed by atoms with Gasteiger partial charge < -0.3 is 10.4 Å². The fourth-order valence-electron chi connectivity index (χ4n) is 1.03.